The van der Waals surface area contributed by atoms with Crippen molar-refractivity contribution in [3.05, 3.63) is 30.5 Å². The molecule has 2 rings (SSSR count). The van der Waals surface area contributed by atoms with E-state index >= 15 is 0 Å². The van der Waals surface area contributed by atoms with Gasteiger partial charge in [-0.3, -0.25) is 4.98 Å². The zero-order valence-electron chi connectivity index (χ0n) is 10.8. The van der Waals surface area contributed by atoms with Gasteiger partial charge in [0.2, 0.25) is 0 Å². The number of hydrogen-bond donors (Lipinski definition) is 2. The van der Waals surface area contributed by atoms with Gasteiger partial charge in [0, 0.05) is 18.1 Å². The lowest BCUT2D eigenvalue weighted by molar-refractivity contribution is 0.702. The van der Waals surface area contributed by atoms with Crippen LogP contribution in [0.4, 0.5) is 11.4 Å². The van der Waals surface area contributed by atoms with Crippen LogP contribution in [0.3, 0.4) is 0 Å². The van der Waals surface area contributed by atoms with Crippen LogP contribution in [-0.4, -0.2) is 23.5 Å². The number of pyridine rings is 1. The van der Waals surface area contributed by atoms with Crippen LogP contribution in [0.15, 0.2) is 30.5 Å². The first-order chi connectivity index (χ1) is 8.72. The van der Waals surface area contributed by atoms with Crippen LogP contribution < -0.4 is 11.1 Å². The Morgan fingerprint density at radius 3 is 3.00 bits per heavy atom. The van der Waals surface area contributed by atoms with E-state index in [1.54, 1.807) is 6.20 Å². The molecule has 0 aliphatic carbocycles. The van der Waals surface area contributed by atoms with Crippen LogP contribution in [-0.2, 0) is 0 Å². The second-order valence-corrected chi connectivity index (χ2v) is 5.45. The molecule has 0 radical (unpaired) electrons. The molecule has 0 saturated carbocycles. The summed E-state index contributed by atoms with van der Waals surface area (Å²) in [4.78, 5) is 4.30. The van der Waals surface area contributed by atoms with E-state index < -0.39 is 0 Å². The number of benzene rings is 1. The fourth-order valence-corrected chi connectivity index (χ4v) is 2.64. The lowest BCUT2D eigenvalue weighted by Gasteiger charge is -2.15. The number of aromatic nitrogens is 1. The Labute approximate surface area is 112 Å². The number of fused-ring (bicyclic) bond motifs is 1. The van der Waals surface area contributed by atoms with Gasteiger partial charge in [0.15, 0.2) is 0 Å². The third-order valence-electron chi connectivity index (χ3n) is 2.92. The van der Waals surface area contributed by atoms with Gasteiger partial charge in [-0.15, -0.1) is 0 Å². The number of nitrogens with zero attached hydrogens (tertiary/aromatic N) is 1. The van der Waals surface area contributed by atoms with E-state index in [-0.39, 0.29) is 0 Å². The fourth-order valence-electron chi connectivity index (χ4n) is 1.96. The molecule has 3 nitrogen and oxygen atoms in total. The van der Waals surface area contributed by atoms with Gasteiger partial charge in [-0.2, -0.15) is 11.8 Å². The highest BCUT2D eigenvalue weighted by atomic mass is 32.2. The molecule has 96 valence electrons. The molecule has 1 aromatic heterocycles. The Bertz CT molecular complexity index is 527. The molecular formula is C14H19N3S. The monoisotopic (exact) mass is 261 g/mol. The van der Waals surface area contributed by atoms with Gasteiger partial charge in [-0.25, -0.2) is 0 Å². The van der Waals surface area contributed by atoms with Crippen LogP contribution in [0.2, 0.25) is 0 Å². The molecule has 1 aromatic carbocycles. The van der Waals surface area contributed by atoms with Gasteiger partial charge >= 0.3 is 0 Å². The van der Waals surface area contributed by atoms with Gasteiger partial charge in [-0.1, -0.05) is 6.92 Å². The van der Waals surface area contributed by atoms with E-state index in [0.29, 0.717) is 5.92 Å². The van der Waals surface area contributed by atoms with E-state index in [0.717, 1.165) is 34.6 Å². The number of nitrogen functional groups attached to an aromatic ring is 1. The maximum absolute atomic E-state index is 6.17. The maximum atomic E-state index is 6.17. The third kappa shape index (κ3) is 2.88. The number of rotatable bonds is 5. The van der Waals surface area contributed by atoms with E-state index in [1.165, 1.54) is 0 Å². The molecule has 0 fully saturated rings. The average molecular weight is 261 g/mol. The molecule has 4 heteroatoms. The predicted molar refractivity (Wildman–Crippen MR) is 82.2 cm³/mol. The molecular weight excluding hydrogens is 242 g/mol. The van der Waals surface area contributed by atoms with Gasteiger partial charge < -0.3 is 11.1 Å². The molecule has 1 atom stereocenters. The smallest absolute Gasteiger partial charge is 0.0724 e. The summed E-state index contributed by atoms with van der Waals surface area (Å²) >= 11 is 1.87. The molecule has 2 aromatic rings. The summed E-state index contributed by atoms with van der Waals surface area (Å²) < 4.78 is 0. The van der Waals surface area contributed by atoms with Crippen molar-refractivity contribution < 1.29 is 0 Å². The second kappa shape index (κ2) is 5.96. The Kier molecular flexibility index (Phi) is 4.31. The summed E-state index contributed by atoms with van der Waals surface area (Å²) in [5, 5.41) is 4.44. The largest absolute Gasteiger partial charge is 0.397 e. The second-order valence-electron chi connectivity index (χ2n) is 4.54. The van der Waals surface area contributed by atoms with E-state index in [2.05, 4.69) is 23.5 Å². The quantitative estimate of drug-likeness (QED) is 0.811. The summed E-state index contributed by atoms with van der Waals surface area (Å²) in [5.41, 5.74) is 8.91. The molecule has 18 heavy (non-hydrogen) atoms. The van der Waals surface area contributed by atoms with Crippen LogP contribution in [0.5, 0.6) is 0 Å². The van der Waals surface area contributed by atoms with Crippen LogP contribution in [0.25, 0.3) is 10.9 Å². The minimum Gasteiger partial charge on any atom is -0.397 e. The van der Waals surface area contributed by atoms with Crippen molar-refractivity contribution in [2.45, 2.75) is 6.92 Å². The highest BCUT2D eigenvalue weighted by Crippen LogP contribution is 2.27. The summed E-state index contributed by atoms with van der Waals surface area (Å²) in [5.74, 6) is 1.78. The fraction of sp³-hybridized carbons (Fsp3) is 0.357. The minimum atomic E-state index is 0.629. The lowest BCUT2D eigenvalue weighted by Crippen LogP contribution is -2.14. The zero-order chi connectivity index (χ0) is 13.0. The molecule has 0 spiro atoms. The van der Waals surface area contributed by atoms with Crippen LogP contribution >= 0.6 is 11.8 Å². The summed E-state index contributed by atoms with van der Waals surface area (Å²) in [6, 6.07) is 7.94. The van der Waals surface area contributed by atoms with Gasteiger partial charge in [-0.05, 0) is 42.2 Å². The minimum absolute atomic E-state index is 0.629. The molecule has 3 N–H and O–H groups in total. The van der Waals surface area contributed by atoms with Gasteiger partial charge in [0.25, 0.3) is 0 Å². The first-order valence-electron chi connectivity index (χ1n) is 6.08. The molecule has 1 heterocycles. The maximum Gasteiger partial charge on any atom is 0.0724 e. The normalized spacial score (nSPS) is 12.6. The Hall–Kier alpha value is -1.42. The average Bonchev–Trinajstić information content (AvgIpc) is 2.39. The van der Waals surface area contributed by atoms with Gasteiger partial charge in [0.05, 0.1) is 16.9 Å². The highest BCUT2D eigenvalue weighted by Gasteiger charge is 2.06. The Morgan fingerprint density at radius 2 is 2.22 bits per heavy atom. The van der Waals surface area contributed by atoms with E-state index in [4.69, 9.17) is 5.73 Å². The SMILES string of the molecule is CSCC(C)CNc1ccc2ncccc2c1N. The molecule has 0 aliphatic rings. The highest BCUT2D eigenvalue weighted by molar-refractivity contribution is 7.98. The van der Waals surface area contributed by atoms with Crippen molar-refractivity contribution in [1.29, 1.82) is 0 Å². The van der Waals surface area contributed by atoms with E-state index in [9.17, 15) is 0 Å². The molecule has 0 bridgehead atoms. The predicted octanol–water partition coefficient (Wildman–Crippen LogP) is 3.23. The van der Waals surface area contributed by atoms with Crippen LogP contribution in [0.1, 0.15) is 6.92 Å². The van der Waals surface area contributed by atoms with Crippen molar-refractivity contribution in [2.24, 2.45) is 5.92 Å². The van der Waals surface area contributed by atoms with Crippen molar-refractivity contribution >= 4 is 34.0 Å². The summed E-state index contributed by atoms with van der Waals surface area (Å²) in [6.07, 6.45) is 3.92. The Morgan fingerprint density at radius 1 is 1.39 bits per heavy atom. The first-order valence-corrected chi connectivity index (χ1v) is 7.47. The van der Waals surface area contributed by atoms with Crippen LogP contribution in [0, 0.1) is 5.92 Å². The van der Waals surface area contributed by atoms with Crippen molar-refractivity contribution in [3.8, 4) is 0 Å². The molecule has 0 amide bonds. The zero-order valence-corrected chi connectivity index (χ0v) is 11.6. The molecule has 1 unspecified atom stereocenters. The lowest BCUT2D eigenvalue weighted by atomic mass is 10.1. The van der Waals surface area contributed by atoms with Crippen molar-refractivity contribution in [3.63, 3.8) is 0 Å². The summed E-state index contributed by atoms with van der Waals surface area (Å²) in [6.45, 7) is 3.18. The number of thioether (sulfide) groups is 1. The third-order valence-corrected chi connectivity index (χ3v) is 3.82. The van der Waals surface area contributed by atoms with Crippen molar-refractivity contribution in [2.75, 3.05) is 29.6 Å². The summed E-state index contributed by atoms with van der Waals surface area (Å²) in [7, 11) is 0. The van der Waals surface area contributed by atoms with Crippen molar-refractivity contribution in [1.82, 2.24) is 4.98 Å². The number of nitrogens with two attached hydrogens (primary N) is 1. The molecule has 0 saturated heterocycles. The van der Waals surface area contributed by atoms with Gasteiger partial charge in [0.1, 0.15) is 0 Å². The standard InChI is InChI=1S/C14H19N3S/c1-10(9-18-2)8-17-13-6-5-12-11(14(13)15)4-3-7-16-12/h3-7,10,17H,8-9,15H2,1-2H3. The Balaban J connectivity index is 2.16. The number of nitrogens with one attached hydrogen (secondary N) is 1. The number of hydrogen-bond acceptors (Lipinski definition) is 4. The number of anilines is 2. The topological polar surface area (TPSA) is 50.9 Å². The first kappa shape index (κ1) is 13.0. The van der Waals surface area contributed by atoms with E-state index in [1.807, 2.05) is 36.0 Å². The molecule has 0 aliphatic heterocycles.